The molecule has 1 atom stereocenters. The SMILES string of the molecule is CC1(C(=O)O)CCN(C(=O)CCCOc2ccccc2Br)C1. The molecule has 1 unspecified atom stereocenters. The Kier molecular flexibility index (Phi) is 5.45. The topological polar surface area (TPSA) is 66.8 Å². The molecule has 2 rings (SSSR count). The summed E-state index contributed by atoms with van der Waals surface area (Å²) in [6.07, 6.45) is 1.50. The summed E-state index contributed by atoms with van der Waals surface area (Å²) in [6, 6.07) is 7.57. The Labute approximate surface area is 138 Å². The van der Waals surface area contributed by atoms with Crippen molar-refractivity contribution < 1.29 is 19.4 Å². The molecular weight excluding hydrogens is 350 g/mol. The van der Waals surface area contributed by atoms with Gasteiger partial charge < -0.3 is 14.7 Å². The van der Waals surface area contributed by atoms with Crippen LogP contribution in [-0.4, -0.2) is 41.6 Å². The van der Waals surface area contributed by atoms with E-state index in [1.54, 1.807) is 11.8 Å². The molecule has 5 nitrogen and oxygen atoms in total. The Morgan fingerprint density at radius 3 is 2.77 bits per heavy atom. The van der Waals surface area contributed by atoms with Crippen LogP contribution in [0.3, 0.4) is 0 Å². The van der Waals surface area contributed by atoms with Crippen molar-refractivity contribution in [2.45, 2.75) is 26.2 Å². The van der Waals surface area contributed by atoms with Crippen LogP contribution in [0.25, 0.3) is 0 Å². The molecule has 0 saturated carbocycles. The minimum Gasteiger partial charge on any atom is -0.492 e. The fraction of sp³-hybridized carbons (Fsp3) is 0.500. The van der Waals surface area contributed by atoms with Gasteiger partial charge >= 0.3 is 5.97 Å². The number of amides is 1. The molecule has 0 aromatic heterocycles. The molecule has 22 heavy (non-hydrogen) atoms. The maximum Gasteiger partial charge on any atom is 0.311 e. The zero-order chi connectivity index (χ0) is 16.2. The molecule has 1 N–H and O–H groups in total. The zero-order valence-corrected chi connectivity index (χ0v) is 14.1. The summed E-state index contributed by atoms with van der Waals surface area (Å²) in [7, 11) is 0. The van der Waals surface area contributed by atoms with E-state index in [2.05, 4.69) is 15.9 Å². The summed E-state index contributed by atoms with van der Waals surface area (Å²) in [5.74, 6) is -0.0738. The van der Waals surface area contributed by atoms with Gasteiger partial charge in [-0.1, -0.05) is 12.1 Å². The number of carboxylic acids is 1. The molecular formula is C16H20BrNO4. The summed E-state index contributed by atoms with van der Waals surface area (Å²) in [4.78, 5) is 24.9. The number of carbonyl (C=O) groups is 2. The van der Waals surface area contributed by atoms with Gasteiger partial charge in [0, 0.05) is 19.5 Å². The highest BCUT2D eigenvalue weighted by molar-refractivity contribution is 9.10. The van der Waals surface area contributed by atoms with Crippen LogP contribution >= 0.6 is 15.9 Å². The van der Waals surface area contributed by atoms with Crippen molar-refractivity contribution >= 4 is 27.8 Å². The van der Waals surface area contributed by atoms with E-state index in [0.717, 1.165) is 10.2 Å². The van der Waals surface area contributed by atoms with Crippen LogP contribution in [0.4, 0.5) is 0 Å². The van der Waals surface area contributed by atoms with E-state index in [9.17, 15) is 14.7 Å². The first-order chi connectivity index (χ1) is 10.4. The van der Waals surface area contributed by atoms with Gasteiger partial charge in [-0.25, -0.2) is 0 Å². The minimum absolute atomic E-state index is 0.000650. The lowest BCUT2D eigenvalue weighted by Crippen LogP contribution is -2.34. The summed E-state index contributed by atoms with van der Waals surface area (Å²) in [5, 5.41) is 9.18. The van der Waals surface area contributed by atoms with E-state index in [-0.39, 0.29) is 5.91 Å². The van der Waals surface area contributed by atoms with Gasteiger partial charge in [0.25, 0.3) is 0 Å². The first-order valence-corrected chi connectivity index (χ1v) is 8.10. The van der Waals surface area contributed by atoms with Gasteiger partial charge in [-0.15, -0.1) is 0 Å². The molecule has 0 spiro atoms. The van der Waals surface area contributed by atoms with Crippen molar-refractivity contribution in [3.63, 3.8) is 0 Å². The number of carboxylic acid groups (broad SMARTS) is 1. The number of hydrogen-bond acceptors (Lipinski definition) is 3. The van der Waals surface area contributed by atoms with E-state index >= 15 is 0 Å². The van der Waals surface area contributed by atoms with Crippen molar-refractivity contribution in [2.24, 2.45) is 5.41 Å². The van der Waals surface area contributed by atoms with Crippen molar-refractivity contribution in [3.8, 4) is 5.75 Å². The second-order valence-electron chi connectivity index (χ2n) is 5.81. The van der Waals surface area contributed by atoms with Gasteiger partial charge in [0.2, 0.25) is 5.91 Å². The number of likely N-dealkylation sites (tertiary alicyclic amines) is 1. The highest BCUT2D eigenvalue weighted by atomic mass is 79.9. The monoisotopic (exact) mass is 369 g/mol. The van der Waals surface area contributed by atoms with E-state index < -0.39 is 11.4 Å². The number of benzene rings is 1. The maximum absolute atomic E-state index is 12.1. The highest BCUT2D eigenvalue weighted by Crippen LogP contribution is 2.30. The number of rotatable bonds is 6. The molecule has 1 aliphatic rings. The molecule has 1 saturated heterocycles. The summed E-state index contributed by atoms with van der Waals surface area (Å²) < 4.78 is 6.50. The van der Waals surface area contributed by atoms with Gasteiger partial charge in [0.1, 0.15) is 5.75 Å². The molecule has 1 aromatic rings. The lowest BCUT2D eigenvalue weighted by atomic mass is 9.90. The quantitative estimate of drug-likeness (QED) is 0.782. The maximum atomic E-state index is 12.1. The minimum atomic E-state index is -0.833. The van der Waals surface area contributed by atoms with Crippen molar-refractivity contribution in [3.05, 3.63) is 28.7 Å². The summed E-state index contributed by atoms with van der Waals surface area (Å²) in [6.45, 7) is 2.97. The number of hydrogen-bond donors (Lipinski definition) is 1. The van der Waals surface area contributed by atoms with E-state index in [0.29, 0.717) is 39.0 Å². The van der Waals surface area contributed by atoms with Crippen LogP contribution in [0.15, 0.2) is 28.7 Å². The van der Waals surface area contributed by atoms with Gasteiger partial charge in [-0.05, 0) is 47.8 Å². The Balaban J connectivity index is 1.73. The second-order valence-corrected chi connectivity index (χ2v) is 6.67. The summed E-state index contributed by atoms with van der Waals surface area (Å²) >= 11 is 3.40. The summed E-state index contributed by atoms with van der Waals surface area (Å²) in [5.41, 5.74) is -0.805. The molecule has 1 aromatic carbocycles. The van der Waals surface area contributed by atoms with Gasteiger partial charge in [-0.3, -0.25) is 9.59 Å². The van der Waals surface area contributed by atoms with Gasteiger partial charge in [-0.2, -0.15) is 0 Å². The van der Waals surface area contributed by atoms with E-state index in [1.165, 1.54) is 0 Å². The average molecular weight is 370 g/mol. The Morgan fingerprint density at radius 2 is 2.14 bits per heavy atom. The first-order valence-electron chi connectivity index (χ1n) is 7.31. The molecule has 120 valence electrons. The normalized spacial score (nSPS) is 20.9. The van der Waals surface area contributed by atoms with Crippen LogP contribution in [0.1, 0.15) is 26.2 Å². The molecule has 0 aliphatic carbocycles. The number of nitrogens with zero attached hydrogens (tertiary/aromatic N) is 1. The lowest BCUT2D eigenvalue weighted by molar-refractivity contribution is -0.147. The smallest absolute Gasteiger partial charge is 0.311 e. The standard InChI is InChI=1S/C16H20BrNO4/c1-16(15(20)21)8-9-18(11-16)14(19)7-4-10-22-13-6-3-2-5-12(13)17/h2-3,5-6H,4,7-11H2,1H3,(H,20,21). The molecule has 1 aliphatic heterocycles. The number of halogens is 1. The van der Waals surface area contributed by atoms with Crippen LogP contribution in [0.2, 0.25) is 0 Å². The van der Waals surface area contributed by atoms with Crippen molar-refractivity contribution in [1.29, 1.82) is 0 Å². The number of ether oxygens (including phenoxy) is 1. The third-order valence-electron chi connectivity index (χ3n) is 3.97. The van der Waals surface area contributed by atoms with Crippen molar-refractivity contribution in [2.75, 3.05) is 19.7 Å². The number of para-hydroxylation sites is 1. The molecule has 1 heterocycles. The van der Waals surface area contributed by atoms with Crippen LogP contribution in [0, 0.1) is 5.41 Å². The Morgan fingerprint density at radius 1 is 1.41 bits per heavy atom. The third-order valence-corrected chi connectivity index (χ3v) is 4.63. The highest BCUT2D eigenvalue weighted by Gasteiger charge is 2.41. The van der Waals surface area contributed by atoms with Gasteiger partial charge in [0.15, 0.2) is 0 Å². The average Bonchev–Trinajstić information content (AvgIpc) is 2.89. The Hall–Kier alpha value is -1.56. The first kappa shape index (κ1) is 16.8. The number of carbonyl (C=O) groups excluding carboxylic acids is 1. The zero-order valence-electron chi connectivity index (χ0n) is 12.5. The van der Waals surface area contributed by atoms with E-state index in [4.69, 9.17) is 4.74 Å². The second kappa shape index (κ2) is 7.13. The fourth-order valence-electron chi connectivity index (χ4n) is 2.47. The fourth-order valence-corrected chi connectivity index (χ4v) is 2.87. The lowest BCUT2D eigenvalue weighted by Gasteiger charge is -2.20. The predicted octanol–water partition coefficient (Wildman–Crippen LogP) is 2.93. The molecule has 1 amide bonds. The molecule has 6 heteroatoms. The van der Waals surface area contributed by atoms with Gasteiger partial charge in [0.05, 0.1) is 16.5 Å². The van der Waals surface area contributed by atoms with Crippen LogP contribution < -0.4 is 4.74 Å². The van der Waals surface area contributed by atoms with Crippen LogP contribution in [0.5, 0.6) is 5.75 Å². The van der Waals surface area contributed by atoms with Crippen molar-refractivity contribution in [1.82, 2.24) is 4.90 Å². The largest absolute Gasteiger partial charge is 0.492 e. The molecule has 0 radical (unpaired) electrons. The number of aliphatic carboxylic acids is 1. The Bertz CT molecular complexity index is 563. The molecule has 0 bridgehead atoms. The third kappa shape index (κ3) is 4.00. The van der Waals surface area contributed by atoms with Crippen LogP contribution in [-0.2, 0) is 9.59 Å². The van der Waals surface area contributed by atoms with E-state index in [1.807, 2.05) is 24.3 Å². The molecule has 1 fully saturated rings. The predicted molar refractivity (Wildman–Crippen MR) is 85.8 cm³/mol.